The lowest BCUT2D eigenvalue weighted by molar-refractivity contribution is -0.149. The zero-order valence-corrected chi connectivity index (χ0v) is 11.8. The average molecular weight is 295 g/mol. The van der Waals surface area contributed by atoms with Crippen LogP contribution in [0.5, 0.6) is 0 Å². The Morgan fingerprint density at radius 3 is 2.85 bits per heavy atom. The van der Waals surface area contributed by atoms with Gasteiger partial charge in [0.25, 0.3) is 11.1 Å². The van der Waals surface area contributed by atoms with Crippen LogP contribution in [0.2, 0.25) is 0 Å². The van der Waals surface area contributed by atoms with E-state index in [-0.39, 0.29) is 17.6 Å². The van der Waals surface area contributed by atoms with E-state index in [9.17, 15) is 14.4 Å². The number of nitrogens with zero attached hydrogens (tertiary/aromatic N) is 1. The summed E-state index contributed by atoms with van der Waals surface area (Å²) in [5.41, 5.74) is 0. The molecule has 0 unspecified atom stereocenters. The summed E-state index contributed by atoms with van der Waals surface area (Å²) in [7, 11) is 0. The van der Waals surface area contributed by atoms with Crippen LogP contribution in [0, 0.1) is 0 Å². The van der Waals surface area contributed by atoms with Gasteiger partial charge in [-0.1, -0.05) is 0 Å². The van der Waals surface area contributed by atoms with E-state index in [2.05, 4.69) is 0 Å². The van der Waals surface area contributed by atoms with Crippen LogP contribution in [0.4, 0.5) is 4.79 Å². The summed E-state index contributed by atoms with van der Waals surface area (Å²) < 4.78 is 10.0. The topological polar surface area (TPSA) is 76.8 Å². The molecule has 0 aromatic carbocycles. The molecule has 6 nitrogen and oxygen atoms in total. The first kappa shape index (κ1) is 14.4. The Hall–Kier alpha value is -2.02. The zero-order valence-electron chi connectivity index (χ0n) is 11.0. The second-order valence-electron chi connectivity index (χ2n) is 4.32. The Morgan fingerprint density at radius 2 is 2.25 bits per heavy atom. The molecule has 1 aliphatic rings. The highest BCUT2D eigenvalue weighted by Crippen LogP contribution is 2.32. The fraction of sp³-hybridized carbons (Fsp3) is 0.308. The van der Waals surface area contributed by atoms with E-state index in [1.807, 2.05) is 0 Å². The SMILES string of the molecule is CC(C)OC(=O)CN1C(=O)S/C(=C\c2ccco2)C1=O. The minimum atomic E-state index is -0.610. The van der Waals surface area contributed by atoms with Crippen molar-refractivity contribution in [3.05, 3.63) is 29.1 Å². The van der Waals surface area contributed by atoms with Crippen molar-refractivity contribution in [1.82, 2.24) is 4.90 Å². The first-order chi connectivity index (χ1) is 9.47. The van der Waals surface area contributed by atoms with Crippen molar-refractivity contribution >= 4 is 35.0 Å². The maximum absolute atomic E-state index is 12.0. The molecule has 2 amide bonds. The number of hydrogen-bond donors (Lipinski definition) is 0. The molecule has 0 aliphatic carbocycles. The molecular formula is C13H13NO5S. The molecule has 1 fully saturated rings. The third-order valence-electron chi connectivity index (χ3n) is 2.34. The molecule has 20 heavy (non-hydrogen) atoms. The fourth-order valence-electron chi connectivity index (χ4n) is 1.57. The second kappa shape index (κ2) is 5.96. The number of carbonyl (C=O) groups is 3. The highest BCUT2D eigenvalue weighted by molar-refractivity contribution is 8.18. The van der Waals surface area contributed by atoms with Gasteiger partial charge in [0.05, 0.1) is 17.3 Å². The lowest BCUT2D eigenvalue weighted by atomic mass is 10.3. The van der Waals surface area contributed by atoms with Gasteiger partial charge in [0, 0.05) is 6.08 Å². The molecule has 2 rings (SSSR count). The van der Waals surface area contributed by atoms with Crippen molar-refractivity contribution in [3.8, 4) is 0 Å². The van der Waals surface area contributed by atoms with Gasteiger partial charge in [0.15, 0.2) is 0 Å². The van der Waals surface area contributed by atoms with Gasteiger partial charge < -0.3 is 9.15 Å². The lowest BCUT2D eigenvalue weighted by Gasteiger charge is -2.13. The predicted octanol–water partition coefficient (Wildman–Crippen LogP) is 2.27. The van der Waals surface area contributed by atoms with Gasteiger partial charge in [-0.2, -0.15) is 0 Å². The van der Waals surface area contributed by atoms with Crippen molar-refractivity contribution in [2.45, 2.75) is 20.0 Å². The van der Waals surface area contributed by atoms with E-state index < -0.39 is 17.1 Å². The molecular weight excluding hydrogens is 282 g/mol. The number of furan rings is 1. The summed E-state index contributed by atoms with van der Waals surface area (Å²) >= 11 is 0.772. The number of amides is 2. The molecule has 1 aliphatic heterocycles. The van der Waals surface area contributed by atoms with Gasteiger partial charge in [-0.05, 0) is 37.7 Å². The van der Waals surface area contributed by atoms with Crippen LogP contribution in [0.3, 0.4) is 0 Å². The van der Waals surface area contributed by atoms with E-state index in [1.165, 1.54) is 12.3 Å². The summed E-state index contributed by atoms with van der Waals surface area (Å²) in [4.78, 5) is 36.4. The first-order valence-electron chi connectivity index (χ1n) is 5.95. The largest absolute Gasteiger partial charge is 0.465 e. The van der Waals surface area contributed by atoms with E-state index >= 15 is 0 Å². The molecule has 0 spiro atoms. The van der Waals surface area contributed by atoms with Crippen LogP contribution in [-0.2, 0) is 14.3 Å². The van der Waals surface area contributed by atoms with Crippen LogP contribution in [0.1, 0.15) is 19.6 Å². The minimum absolute atomic E-state index is 0.224. The summed E-state index contributed by atoms with van der Waals surface area (Å²) in [5.74, 6) is -0.654. The predicted molar refractivity (Wildman–Crippen MR) is 72.6 cm³/mol. The van der Waals surface area contributed by atoms with Crippen LogP contribution >= 0.6 is 11.8 Å². The quantitative estimate of drug-likeness (QED) is 0.626. The van der Waals surface area contributed by atoms with Crippen LogP contribution in [-0.4, -0.2) is 34.7 Å². The molecule has 7 heteroatoms. The summed E-state index contributed by atoms with van der Waals surface area (Å²) in [6, 6.07) is 3.34. The zero-order chi connectivity index (χ0) is 14.7. The molecule has 0 atom stereocenters. The van der Waals surface area contributed by atoms with E-state index in [0.29, 0.717) is 5.76 Å². The smallest absolute Gasteiger partial charge is 0.326 e. The number of rotatable bonds is 4. The highest BCUT2D eigenvalue weighted by atomic mass is 32.2. The third-order valence-corrected chi connectivity index (χ3v) is 3.25. The summed E-state index contributed by atoms with van der Waals surface area (Å²) in [6.07, 6.45) is 2.65. The Morgan fingerprint density at radius 1 is 1.50 bits per heavy atom. The highest BCUT2D eigenvalue weighted by Gasteiger charge is 2.36. The number of carbonyl (C=O) groups excluding carboxylic acids is 3. The summed E-state index contributed by atoms with van der Waals surface area (Å²) in [6.45, 7) is 3.02. The van der Waals surface area contributed by atoms with Gasteiger partial charge in [-0.25, -0.2) is 0 Å². The van der Waals surface area contributed by atoms with E-state index in [1.54, 1.807) is 26.0 Å². The van der Waals surface area contributed by atoms with Crippen molar-refractivity contribution in [2.75, 3.05) is 6.54 Å². The van der Waals surface area contributed by atoms with E-state index in [4.69, 9.17) is 9.15 Å². The number of thioether (sulfide) groups is 1. The average Bonchev–Trinajstić information content (AvgIpc) is 2.93. The number of esters is 1. The molecule has 0 N–H and O–H groups in total. The standard InChI is InChI=1S/C13H13NO5S/c1-8(2)19-11(15)7-14-12(16)10(20-13(14)17)6-9-4-3-5-18-9/h3-6,8H,7H2,1-2H3/b10-6-. The third kappa shape index (κ3) is 3.30. The Balaban J connectivity index is 2.07. The molecule has 1 aromatic rings. The van der Waals surface area contributed by atoms with Crippen molar-refractivity contribution in [1.29, 1.82) is 0 Å². The molecule has 106 valence electrons. The molecule has 0 bridgehead atoms. The normalized spacial score (nSPS) is 17.4. The lowest BCUT2D eigenvalue weighted by Crippen LogP contribution is -2.35. The number of ether oxygens (including phenoxy) is 1. The Bertz CT molecular complexity index is 561. The van der Waals surface area contributed by atoms with E-state index in [0.717, 1.165) is 16.7 Å². The van der Waals surface area contributed by atoms with Crippen molar-refractivity contribution in [3.63, 3.8) is 0 Å². The van der Waals surface area contributed by atoms with Gasteiger partial charge in [-0.15, -0.1) is 0 Å². The molecule has 0 radical (unpaired) electrons. The first-order valence-corrected chi connectivity index (χ1v) is 6.77. The second-order valence-corrected chi connectivity index (χ2v) is 5.32. The molecule has 2 heterocycles. The number of imide groups is 1. The number of hydrogen-bond acceptors (Lipinski definition) is 6. The van der Waals surface area contributed by atoms with Gasteiger partial charge >= 0.3 is 5.97 Å². The van der Waals surface area contributed by atoms with Crippen LogP contribution in [0.25, 0.3) is 6.08 Å². The monoisotopic (exact) mass is 295 g/mol. The Kier molecular flexibility index (Phi) is 4.29. The fourth-order valence-corrected chi connectivity index (χ4v) is 2.39. The van der Waals surface area contributed by atoms with Crippen molar-refractivity contribution < 1.29 is 23.5 Å². The van der Waals surface area contributed by atoms with Gasteiger partial charge in [0.1, 0.15) is 12.3 Å². The summed E-state index contributed by atoms with van der Waals surface area (Å²) in [5, 5.41) is -0.492. The van der Waals surface area contributed by atoms with Gasteiger partial charge in [0.2, 0.25) is 0 Å². The maximum atomic E-state index is 12.0. The minimum Gasteiger partial charge on any atom is -0.465 e. The van der Waals surface area contributed by atoms with Crippen molar-refractivity contribution in [2.24, 2.45) is 0 Å². The molecule has 1 saturated heterocycles. The molecule has 0 saturated carbocycles. The van der Waals surface area contributed by atoms with Crippen LogP contribution in [0.15, 0.2) is 27.7 Å². The Labute approximate surface area is 119 Å². The maximum Gasteiger partial charge on any atom is 0.326 e. The molecule has 1 aromatic heterocycles. The van der Waals surface area contributed by atoms with Gasteiger partial charge in [-0.3, -0.25) is 19.3 Å². The van der Waals surface area contributed by atoms with Crippen LogP contribution < -0.4 is 0 Å².